The van der Waals surface area contributed by atoms with Crippen LogP contribution in [0.5, 0.6) is 0 Å². The van der Waals surface area contributed by atoms with Crippen molar-refractivity contribution in [3.8, 4) is 0 Å². The van der Waals surface area contributed by atoms with Crippen LogP contribution in [0.1, 0.15) is 27.7 Å². The summed E-state index contributed by atoms with van der Waals surface area (Å²) in [6, 6.07) is -0.0161. The van der Waals surface area contributed by atoms with Crippen molar-refractivity contribution in [1.82, 2.24) is 4.90 Å². The molecule has 1 saturated heterocycles. The van der Waals surface area contributed by atoms with Gasteiger partial charge in [-0.25, -0.2) is 4.79 Å². The SMILES string of the molecule is CC1COC(CO)CN1C(=O)OC(C)(C)C. The zero-order chi connectivity index (χ0) is 12.3. The van der Waals surface area contributed by atoms with Gasteiger partial charge < -0.3 is 19.5 Å². The summed E-state index contributed by atoms with van der Waals surface area (Å²) in [7, 11) is 0. The lowest BCUT2D eigenvalue weighted by Gasteiger charge is -2.38. The molecule has 1 aliphatic heterocycles. The number of carbonyl (C=O) groups excluding carboxylic acids is 1. The number of aliphatic hydroxyl groups excluding tert-OH is 1. The Hall–Kier alpha value is -0.810. The first-order valence-corrected chi connectivity index (χ1v) is 5.55. The number of hydrogen-bond acceptors (Lipinski definition) is 4. The summed E-state index contributed by atoms with van der Waals surface area (Å²) in [4.78, 5) is 13.5. The molecule has 1 N–H and O–H groups in total. The summed E-state index contributed by atoms with van der Waals surface area (Å²) < 4.78 is 10.6. The number of hydrogen-bond donors (Lipinski definition) is 1. The zero-order valence-electron chi connectivity index (χ0n) is 10.4. The van der Waals surface area contributed by atoms with Gasteiger partial charge in [-0.2, -0.15) is 0 Å². The molecule has 1 rings (SSSR count). The van der Waals surface area contributed by atoms with Gasteiger partial charge in [0.2, 0.25) is 0 Å². The molecule has 5 nitrogen and oxygen atoms in total. The van der Waals surface area contributed by atoms with E-state index in [1.165, 1.54) is 0 Å². The molecule has 1 fully saturated rings. The highest BCUT2D eigenvalue weighted by Gasteiger charge is 2.32. The molecule has 0 bridgehead atoms. The lowest BCUT2D eigenvalue weighted by atomic mass is 10.2. The highest BCUT2D eigenvalue weighted by molar-refractivity contribution is 5.68. The standard InChI is InChI=1S/C11H21NO4/c1-8-7-15-9(6-13)5-12(8)10(14)16-11(2,3)4/h8-9,13H,5-7H2,1-4H3. The van der Waals surface area contributed by atoms with E-state index in [0.29, 0.717) is 13.2 Å². The Morgan fingerprint density at radius 1 is 1.56 bits per heavy atom. The van der Waals surface area contributed by atoms with Crippen molar-refractivity contribution in [1.29, 1.82) is 0 Å². The monoisotopic (exact) mass is 231 g/mol. The van der Waals surface area contributed by atoms with Crippen molar-refractivity contribution in [2.24, 2.45) is 0 Å². The number of ether oxygens (including phenoxy) is 2. The summed E-state index contributed by atoms with van der Waals surface area (Å²) in [5.41, 5.74) is -0.496. The van der Waals surface area contributed by atoms with E-state index >= 15 is 0 Å². The number of rotatable bonds is 1. The van der Waals surface area contributed by atoms with E-state index in [2.05, 4.69) is 0 Å². The molecule has 1 aliphatic rings. The smallest absolute Gasteiger partial charge is 0.410 e. The Morgan fingerprint density at radius 2 is 2.19 bits per heavy atom. The van der Waals surface area contributed by atoms with Gasteiger partial charge in [-0.3, -0.25) is 0 Å². The molecule has 5 heteroatoms. The van der Waals surface area contributed by atoms with Gasteiger partial charge in [-0.05, 0) is 27.7 Å². The summed E-state index contributed by atoms with van der Waals surface area (Å²) >= 11 is 0. The maximum absolute atomic E-state index is 11.9. The van der Waals surface area contributed by atoms with Gasteiger partial charge >= 0.3 is 6.09 Å². The van der Waals surface area contributed by atoms with Gasteiger partial charge in [0.1, 0.15) is 5.60 Å². The predicted octanol–water partition coefficient (Wildman–Crippen LogP) is 1.00. The van der Waals surface area contributed by atoms with Crippen molar-refractivity contribution < 1.29 is 19.4 Å². The van der Waals surface area contributed by atoms with E-state index in [-0.39, 0.29) is 24.8 Å². The summed E-state index contributed by atoms with van der Waals surface area (Å²) in [6.07, 6.45) is -0.648. The maximum atomic E-state index is 11.9. The maximum Gasteiger partial charge on any atom is 0.410 e. The second-order valence-electron chi connectivity index (χ2n) is 5.12. The van der Waals surface area contributed by atoms with E-state index in [4.69, 9.17) is 14.6 Å². The summed E-state index contributed by atoms with van der Waals surface area (Å²) in [6.45, 7) is 8.14. The molecule has 0 spiro atoms. The second-order valence-corrected chi connectivity index (χ2v) is 5.12. The van der Waals surface area contributed by atoms with Gasteiger partial charge in [0.15, 0.2) is 0 Å². The normalized spacial score (nSPS) is 26.7. The number of carbonyl (C=O) groups is 1. The van der Waals surface area contributed by atoms with Crippen LogP contribution in [0.15, 0.2) is 0 Å². The van der Waals surface area contributed by atoms with Crippen molar-refractivity contribution in [2.75, 3.05) is 19.8 Å². The number of nitrogens with zero attached hydrogens (tertiary/aromatic N) is 1. The molecule has 16 heavy (non-hydrogen) atoms. The van der Waals surface area contributed by atoms with Gasteiger partial charge in [0.25, 0.3) is 0 Å². The molecule has 2 atom stereocenters. The second kappa shape index (κ2) is 5.01. The van der Waals surface area contributed by atoms with Crippen LogP contribution in [0.4, 0.5) is 4.79 Å². The molecule has 1 amide bonds. The number of morpholine rings is 1. The Labute approximate surface area is 96.3 Å². The van der Waals surface area contributed by atoms with E-state index in [1.54, 1.807) is 4.90 Å². The minimum Gasteiger partial charge on any atom is -0.444 e. The first-order chi connectivity index (χ1) is 7.33. The molecular formula is C11H21NO4. The van der Waals surface area contributed by atoms with E-state index in [9.17, 15) is 4.79 Å². The predicted molar refractivity (Wildman–Crippen MR) is 59.2 cm³/mol. The van der Waals surface area contributed by atoms with E-state index in [0.717, 1.165) is 0 Å². The minimum absolute atomic E-state index is 0.0161. The Balaban J connectivity index is 2.59. The van der Waals surface area contributed by atoms with Crippen LogP contribution in [0.2, 0.25) is 0 Å². The fourth-order valence-corrected chi connectivity index (χ4v) is 1.50. The van der Waals surface area contributed by atoms with Crippen molar-refractivity contribution >= 4 is 6.09 Å². The largest absolute Gasteiger partial charge is 0.444 e. The third-order valence-corrected chi connectivity index (χ3v) is 2.34. The Morgan fingerprint density at radius 3 is 2.69 bits per heavy atom. The molecule has 0 aromatic carbocycles. The Kier molecular flexibility index (Phi) is 4.15. The minimum atomic E-state index is -0.496. The number of amides is 1. The van der Waals surface area contributed by atoms with Gasteiger partial charge in [-0.1, -0.05) is 0 Å². The lowest BCUT2D eigenvalue weighted by molar-refractivity contribution is -0.0806. The van der Waals surface area contributed by atoms with Crippen LogP contribution in [-0.2, 0) is 9.47 Å². The van der Waals surface area contributed by atoms with Crippen molar-refractivity contribution in [2.45, 2.75) is 45.4 Å². The fraction of sp³-hybridized carbons (Fsp3) is 0.909. The van der Waals surface area contributed by atoms with Crippen LogP contribution in [0.25, 0.3) is 0 Å². The quantitative estimate of drug-likeness (QED) is 0.731. The fourth-order valence-electron chi connectivity index (χ4n) is 1.50. The average molecular weight is 231 g/mol. The first-order valence-electron chi connectivity index (χ1n) is 5.55. The molecule has 94 valence electrons. The average Bonchev–Trinajstić information content (AvgIpc) is 2.15. The van der Waals surface area contributed by atoms with Crippen LogP contribution in [0, 0.1) is 0 Å². The highest BCUT2D eigenvalue weighted by atomic mass is 16.6. The van der Waals surface area contributed by atoms with Gasteiger partial charge in [0, 0.05) is 0 Å². The third-order valence-electron chi connectivity index (χ3n) is 2.34. The molecule has 0 radical (unpaired) electrons. The van der Waals surface area contributed by atoms with Gasteiger partial charge in [0.05, 0.1) is 31.9 Å². The zero-order valence-corrected chi connectivity index (χ0v) is 10.4. The molecule has 0 aromatic heterocycles. The van der Waals surface area contributed by atoms with Crippen molar-refractivity contribution in [3.05, 3.63) is 0 Å². The highest BCUT2D eigenvalue weighted by Crippen LogP contribution is 2.16. The number of aliphatic hydroxyl groups is 1. The molecule has 0 aliphatic carbocycles. The van der Waals surface area contributed by atoms with Crippen LogP contribution < -0.4 is 0 Å². The van der Waals surface area contributed by atoms with Gasteiger partial charge in [-0.15, -0.1) is 0 Å². The van der Waals surface area contributed by atoms with E-state index < -0.39 is 5.60 Å². The van der Waals surface area contributed by atoms with Crippen molar-refractivity contribution in [3.63, 3.8) is 0 Å². The molecular weight excluding hydrogens is 210 g/mol. The third kappa shape index (κ3) is 3.64. The molecule has 0 aromatic rings. The van der Waals surface area contributed by atoms with Crippen LogP contribution in [-0.4, -0.2) is 53.6 Å². The summed E-state index contributed by atoms with van der Waals surface area (Å²) in [5.74, 6) is 0. The Bertz CT molecular complexity index is 249. The summed E-state index contributed by atoms with van der Waals surface area (Å²) in [5, 5.41) is 9.01. The topological polar surface area (TPSA) is 59.0 Å². The lowest BCUT2D eigenvalue weighted by Crippen LogP contribution is -2.53. The van der Waals surface area contributed by atoms with Crippen LogP contribution >= 0.6 is 0 Å². The first kappa shape index (κ1) is 13.3. The van der Waals surface area contributed by atoms with E-state index in [1.807, 2.05) is 27.7 Å². The van der Waals surface area contributed by atoms with Crippen LogP contribution in [0.3, 0.4) is 0 Å². The molecule has 1 heterocycles. The molecule has 0 saturated carbocycles. The molecule has 2 unspecified atom stereocenters.